The summed E-state index contributed by atoms with van der Waals surface area (Å²) in [5.74, 6) is -0.609. The molecule has 5 heterocycles. The van der Waals surface area contributed by atoms with E-state index in [1.54, 1.807) is 13.8 Å². The van der Waals surface area contributed by atoms with E-state index in [0.717, 1.165) is 50.5 Å². The highest BCUT2D eigenvalue weighted by Gasteiger charge is 2.70. The van der Waals surface area contributed by atoms with Gasteiger partial charge in [-0.1, -0.05) is 13.8 Å². The van der Waals surface area contributed by atoms with Crippen molar-refractivity contribution >= 4 is 11.9 Å². The van der Waals surface area contributed by atoms with E-state index in [1.165, 1.54) is 13.0 Å². The Labute approximate surface area is 402 Å². The highest BCUT2D eigenvalue weighted by atomic mass is 16.8. The molecule has 26 atom stereocenters. The van der Waals surface area contributed by atoms with Crippen molar-refractivity contribution in [1.29, 1.82) is 0 Å². The van der Waals surface area contributed by atoms with Crippen LogP contribution >= 0.6 is 0 Å². The van der Waals surface area contributed by atoms with Crippen molar-refractivity contribution < 1.29 is 97.8 Å². The number of aliphatic hydroxyl groups is 8. The maximum Gasteiger partial charge on any atom is 0.331 e. The van der Waals surface area contributed by atoms with Crippen LogP contribution in [-0.2, 0) is 57.0 Å². The van der Waals surface area contributed by atoms with Crippen LogP contribution in [0.2, 0.25) is 0 Å². The van der Waals surface area contributed by atoms with Crippen LogP contribution in [0, 0.1) is 34.5 Å². The molecule has 8 fully saturated rings. The standard InChI is InChI=1S/C49H76O20/c1-21-43(67-37-16-31(53)44(22(2)62-37)68-38-17-33(64-24(4)51)45(23(3)63-38)69-46-42(58)41(57)40(56)34(19-50)66-46)30(52)15-36(61-21)65-27-9-11-47(5)26(14-27)7-8-29-28(47)10-12-48(6)39(25-13-35(55)60-20-25)32(54)18-49(29,48)59/h13,21-23,26-34,36-46,50,52-54,56-59H,7-12,14-20H2,1-6H3/t21-,22-,23-,26-,27+,28?,29?,30+,31+,32+,33+,34-,36+,37+,38+,39+,40-,41+,42-,43-,44-,45-,46+,47+,48-,49+/m1/s1. The molecule has 5 aliphatic heterocycles. The molecule has 20 nitrogen and oxygen atoms in total. The second-order valence-corrected chi connectivity index (χ2v) is 22.3. The molecule has 0 aromatic heterocycles. The molecule has 0 aromatic rings. The third kappa shape index (κ3) is 9.59. The quantitative estimate of drug-likeness (QED) is 0.104. The van der Waals surface area contributed by atoms with Crippen LogP contribution in [0.3, 0.4) is 0 Å². The van der Waals surface area contributed by atoms with Crippen molar-refractivity contribution in [2.45, 2.75) is 234 Å². The minimum absolute atomic E-state index is 0.000687. The number of hydrogen-bond donors (Lipinski definition) is 8. The van der Waals surface area contributed by atoms with Gasteiger partial charge >= 0.3 is 11.9 Å². The average molecular weight is 985 g/mol. The zero-order valence-corrected chi connectivity index (χ0v) is 40.5. The highest BCUT2D eigenvalue weighted by molar-refractivity contribution is 5.85. The minimum atomic E-state index is -1.68. The average Bonchev–Trinajstić information content (AvgIpc) is 3.79. The number of carbonyl (C=O) groups is 2. The van der Waals surface area contributed by atoms with E-state index in [4.69, 9.17) is 47.4 Å². The first-order valence-electron chi connectivity index (χ1n) is 25.3. The van der Waals surface area contributed by atoms with Crippen LogP contribution in [0.25, 0.3) is 0 Å². The number of fused-ring (bicyclic) bond motifs is 5. The SMILES string of the molecule is CC(=O)O[C@H]1C[C@H](O[C@H]2[C@@H](O)C[C@H](O[C@H]3[C@@H](O)C[C@H](O[C@H]4CC[C@]5(C)C6CC[C@]7(C)[C@@H](C8=CC(=O)OC8)[C@@H](O)C[C@]7(O)C6CC[C@@H]5C4)O[C@@H]3C)O[C@@H]2C)O[C@H](C)[C@H]1O[C@@H]1O[C@H](CO)[C@@H](O)[C@H](O)[C@H]1O. The number of rotatable bonds is 11. The van der Waals surface area contributed by atoms with Crippen LogP contribution in [0.1, 0.15) is 112 Å². The molecule has 9 aliphatic rings. The summed E-state index contributed by atoms with van der Waals surface area (Å²) in [4.78, 5) is 24.2. The molecule has 392 valence electrons. The summed E-state index contributed by atoms with van der Waals surface area (Å²) < 4.78 is 60.1. The molecule has 0 amide bonds. The Bertz CT molecular complexity index is 1850. The van der Waals surface area contributed by atoms with E-state index in [0.29, 0.717) is 18.3 Å². The fourth-order valence-electron chi connectivity index (χ4n) is 14.7. The van der Waals surface area contributed by atoms with Gasteiger partial charge in [0.1, 0.15) is 55.4 Å². The van der Waals surface area contributed by atoms with E-state index in [2.05, 4.69) is 13.8 Å². The third-order valence-corrected chi connectivity index (χ3v) is 18.2. The molecule has 4 saturated heterocycles. The number of esters is 2. The van der Waals surface area contributed by atoms with Gasteiger partial charge in [-0.15, -0.1) is 0 Å². The molecule has 0 bridgehead atoms. The Kier molecular flexibility index (Phi) is 15.1. The topological polar surface area (TPSA) is 288 Å². The Morgan fingerprint density at radius 2 is 1.33 bits per heavy atom. The molecular weight excluding hydrogens is 909 g/mol. The van der Waals surface area contributed by atoms with E-state index in [9.17, 15) is 50.4 Å². The van der Waals surface area contributed by atoms with Crippen LogP contribution in [0.4, 0.5) is 0 Å². The summed E-state index contributed by atoms with van der Waals surface area (Å²) in [5, 5.41) is 87.5. The smallest absolute Gasteiger partial charge is 0.331 e. The Balaban J connectivity index is 0.749. The lowest BCUT2D eigenvalue weighted by Crippen LogP contribution is -2.62. The van der Waals surface area contributed by atoms with Crippen molar-refractivity contribution in [3.05, 3.63) is 11.6 Å². The number of cyclic esters (lactones) is 1. The molecule has 8 N–H and O–H groups in total. The van der Waals surface area contributed by atoms with Crippen molar-refractivity contribution in [1.82, 2.24) is 0 Å². The Morgan fingerprint density at radius 3 is 1.93 bits per heavy atom. The number of aliphatic hydroxyl groups excluding tert-OH is 7. The molecule has 4 aliphatic carbocycles. The molecule has 0 aromatic carbocycles. The fourth-order valence-corrected chi connectivity index (χ4v) is 14.7. The summed E-state index contributed by atoms with van der Waals surface area (Å²) in [5.41, 5.74) is -0.809. The minimum Gasteiger partial charge on any atom is -0.459 e. The second kappa shape index (κ2) is 20.0. The number of carbonyl (C=O) groups excluding carboxylic acids is 2. The largest absolute Gasteiger partial charge is 0.459 e. The van der Waals surface area contributed by atoms with Crippen LogP contribution in [0.5, 0.6) is 0 Å². The summed E-state index contributed by atoms with van der Waals surface area (Å²) in [6.07, 6.45) is -10.8. The van der Waals surface area contributed by atoms with E-state index < -0.39 is 134 Å². The third-order valence-electron chi connectivity index (χ3n) is 18.2. The highest BCUT2D eigenvalue weighted by Crippen LogP contribution is 2.70. The van der Waals surface area contributed by atoms with E-state index >= 15 is 0 Å². The molecule has 9 rings (SSSR count). The fraction of sp³-hybridized carbons (Fsp3) is 0.918. The normalized spacial score (nSPS) is 53.3. The molecule has 69 heavy (non-hydrogen) atoms. The van der Waals surface area contributed by atoms with Crippen molar-refractivity contribution in [3.8, 4) is 0 Å². The van der Waals surface area contributed by atoms with Crippen LogP contribution in [0.15, 0.2) is 11.6 Å². The lowest BCUT2D eigenvalue weighted by molar-refractivity contribution is -0.355. The van der Waals surface area contributed by atoms with Gasteiger partial charge in [-0.05, 0) is 94.5 Å². The first-order chi connectivity index (χ1) is 32.6. The van der Waals surface area contributed by atoms with Crippen molar-refractivity contribution in [3.63, 3.8) is 0 Å². The van der Waals surface area contributed by atoms with Gasteiger partial charge in [-0.2, -0.15) is 0 Å². The summed E-state index contributed by atoms with van der Waals surface area (Å²) in [6, 6.07) is 0. The maximum atomic E-state index is 12.6. The van der Waals surface area contributed by atoms with Gasteiger partial charge in [0.05, 0.1) is 54.9 Å². The zero-order valence-electron chi connectivity index (χ0n) is 40.5. The predicted molar refractivity (Wildman–Crippen MR) is 235 cm³/mol. The second-order valence-electron chi connectivity index (χ2n) is 22.3. The van der Waals surface area contributed by atoms with Gasteiger partial charge in [0.15, 0.2) is 25.2 Å². The molecule has 2 unspecified atom stereocenters. The summed E-state index contributed by atoms with van der Waals surface area (Å²) in [7, 11) is 0. The van der Waals surface area contributed by atoms with Crippen LogP contribution < -0.4 is 0 Å². The molecule has 4 saturated carbocycles. The Hall–Kier alpha value is -1.96. The van der Waals surface area contributed by atoms with E-state index in [-0.39, 0.29) is 55.2 Å². The molecule has 0 radical (unpaired) electrons. The van der Waals surface area contributed by atoms with Gasteiger partial charge in [-0.25, -0.2) is 4.79 Å². The maximum absolute atomic E-state index is 12.6. The van der Waals surface area contributed by atoms with Crippen molar-refractivity contribution in [2.24, 2.45) is 34.5 Å². The van der Waals surface area contributed by atoms with Gasteiger partial charge in [0.2, 0.25) is 0 Å². The van der Waals surface area contributed by atoms with Crippen LogP contribution in [-0.4, -0.2) is 188 Å². The van der Waals surface area contributed by atoms with Gasteiger partial charge in [0, 0.05) is 50.0 Å². The summed E-state index contributed by atoms with van der Waals surface area (Å²) >= 11 is 0. The van der Waals surface area contributed by atoms with E-state index in [1.807, 2.05) is 6.92 Å². The molecule has 20 heteroatoms. The lowest BCUT2D eigenvalue weighted by Gasteiger charge is -2.63. The first kappa shape index (κ1) is 51.9. The number of ether oxygens (including phenoxy) is 10. The Morgan fingerprint density at radius 1 is 0.710 bits per heavy atom. The van der Waals surface area contributed by atoms with Gasteiger partial charge in [0.25, 0.3) is 0 Å². The van der Waals surface area contributed by atoms with Crippen molar-refractivity contribution in [2.75, 3.05) is 13.2 Å². The first-order valence-corrected chi connectivity index (χ1v) is 25.3. The number of hydrogen-bond acceptors (Lipinski definition) is 20. The zero-order chi connectivity index (χ0) is 49.5. The molecular formula is C49H76O20. The van der Waals surface area contributed by atoms with Gasteiger partial charge < -0.3 is 88.2 Å². The monoisotopic (exact) mass is 984 g/mol. The summed E-state index contributed by atoms with van der Waals surface area (Å²) in [6.45, 7) is 10.4. The predicted octanol–water partition coefficient (Wildman–Crippen LogP) is 0.613. The van der Waals surface area contributed by atoms with Gasteiger partial charge in [-0.3, -0.25) is 4.79 Å². The molecule has 0 spiro atoms. The lowest BCUT2D eigenvalue weighted by atomic mass is 9.43.